The first kappa shape index (κ1) is 10.1. The fourth-order valence-corrected chi connectivity index (χ4v) is 0.557. The fraction of sp³-hybridized carbons (Fsp3) is 0.714. The van der Waals surface area contributed by atoms with Crippen LogP contribution in [0.5, 0.6) is 0 Å². The highest BCUT2D eigenvalue weighted by Crippen LogP contribution is 1.80. The van der Waals surface area contributed by atoms with Crippen LogP contribution in [0.15, 0.2) is 0 Å². The second-order valence-corrected chi connectivity index (χ2v) is 2.20. The predicted molar refractivity (Wildman–Crippen MR) is 40.2 cm³/mol. The number of esters is 1. The van der Waals surface area contributed by atoms with Crippen molar-refractivity contribution in [2.45, 2.75) is 13.3 Å². The van der Waals surface area contributed by atoms with E-state index in [0.29, 0.717) is 19.5 Å². The van der Waals surface area contributed by atoms with Crippen LogP contribution >= 0.6 is 0 Å². The zero-order valence-corrected chi connectivity index (χ0v) is 6.85. The maximum absolute atomic E-state index is 10.5. The van der Waals surface area contributed by atoms with Gasteiger partial charge in [0.05, 0.1) is 20.1 Å². The lowest BCUT2D eigenvalue weighted by Gasteiger charge is -1.99. The molecule has 0 rings (SSSR count). The van der Waals surface area contributed by atoms with Gasteiger partial charge in [-0.15, -0.1) is 0 Å². The topological polar surface area (TPSA) is 55.4 Å². The molecule has 4 heteroatoms. The molecule has 11 heavy (non-hydrogen) atoms. The third-order valence-corrected chi connectivity index (χ3v) is 1.11. The molecule has 64 valence electrons. The van der Waals surface area contributed by atoms with Gasteiger partial charge in [-0.05, 0) is 6.92 Å². The molecule has 0 fully saturated rings. The Bertz CT molecular complexity index is 145. The summed E-state index contributed by atoms with van der Waals surface area (Å²) in [6.07, 6.45) is 0.309. The van der Waals surface area contributed by atoms with Crippen LogP contribution in [-0.2, 0) is 14.3 Å². The molecule has 0 heterocycles. The first-order chi connectivity index (χ1) is 5.16. The second kappa shape index (κ2) is 5.85. The molecule has 0 aliphatic heterocycles. The van der Waals surface area contributed by atoms with Crippen molar-refractivity contribution in [1.29, 1.82) is 0 Å². The van der Waals surface area contributed by atoms with Crippen LogP contribution in [0.2, 0.25) is 0 Å². The second-order valence-electron chi connectivity index (χ2n) is 2.20. The number of carbonyl (C=O) groups is 2. The molecule has 0 saturated carbocycles. The van der Waals surface area contributed by atoms with E-state index in [1.807, 2.05) is 0 Å². The molecule has 0 radical (unpaired) electrons. The predicted octanol–water partition coefficient (Wildman–Crippen LogP) is -0.272. The Morgan fingerprint density at radius 3 is 2.55 bits per heavy atom. The third kappa shape index (κ3) is 6.99. The van der Waals surface area contributed by atoms with Gasteiger partial charge in [-0.1, -0.05) is 0 Å². The normalized spacial score (nSPS) is 9.27. The Kier molecular flexibility index (Phi) is 5.37. The molecule has 0 bridgehead atoms. The summed E-state index contributed by atoms with van der Waals surface area (Å²) < 4.78 is 4.39. The molecule has 0 aromatic heterocycles. The summed E-state index contributed by atoms with van der Waals surface area (Å²) in [5.41, 5.74) is 0. The van der Waals surface area contributed by atoms with Crippen molar-refractivity contribution in [3.05, 3.63) is 0 Å². The van der Waals surface area contributed by atoms with Crippen molar-refractivity contribution in [2.75, 3.05) is 20.2 Å². The van der Waals surface area contributed by atoms with Crippen LogP contribution in [0.1, 0.15) is 13.3 Å². The van der Waals surface area contributed by atoms with Gasteiger partial charge >= 0.3 is 5.97 Å². The van der Waals surface area contributed by atoms with E-state index in [-0.39, 0.29) is 11.8 Å². The van der Waals surface area contributed by atoms with Crippen molar-refractivity contribution in [3.63, 3.8) is 0 Å². The van der Waals surface area contributed by atoms with Gasteiger partial charge in [0.1, 0.15) is 5.78 Å². The van der Waals surface area contributed by atoms with E-state index < -0.39 is 0 Å². The quantitative estimate of drug-likeness (QED) is 0.443. The molecule has 0 aromatic rings. The monoisotopic (exact) mass is 159 g/mol. The first-order valence-electron chi connectivity index (χ1n) is 3.43. The molecule has 0 amide bonds. The summed E-state index contributed by atoms with van der Waals surface area (Å²) >= 11 is 0. The van der Waals surface area contributed by atoms with Crippen LogP contribution in [0, 0.1) is 0 Å². The highest BCUT2D eigenvalue weighted by atomic mass is 16.5. The number of hydrogen-bond donors (Lipinski definition) is 1. The molecule has 0 atom stereocenters. The van der Waals surface area contributed by atoms with Crippen LogP contribution < -0.4 is 5.32 Å². The lowest BCUT2D eigenvalue weighted by atomic mass is 10.4. The Balaban J connectivity index is 3.14. The molecule has 0 aliphatic carbocycles. The number of methoxy groups -OCH3 is 1. The Labute approximate surface area is 65.9 Å². The SMILES string of the molecule is COC(=O)CCNCC(C)=O. The zero-order valence-electron chi connectivity index (χ0n) is 6.85. The van der Waals surface area contributed by atoms with Crippen LogP contribution in [0.3, 0.4) is 0 Å². The number of nitrogens with one attached hydrogen (secondary N) is 1. The summed E-state index contributed by atoms with van der Waals surface area (Å²) in [7, 11) is 1.34. The fourth-order valence-electron chi connectivity index (χ4n) is 0.557. The van der Waals surface area contributed by atoms with Crippen LogP contribution in [-0.4, -0.2) is 32.0 Å². The Hall–Kier alpha value is -0.900. The maximum atomic E-state index is 10.5. The minimum atomic E-state index is -0.263. The number of carbonyl (C=O) groups excluding carboxylic acids is 2. The summed E-state index contributed by atoms with van der Waals surface area (Å²) in [5, 5.41) is 2.80. The number of ketones is 1. The van der Waals surface area contributed by atoms with Gasteiger partial charge in [0, 0.05) is 6.54 Å². The van der Waals surface area contributed by atoms with Crippen LogP contribution in [0.25, 0.3) is 0 Å². The zero-order chi connectivity index (χ0) is 8.69. The van der Waals surface area contributed by atoms with Gasteiger partial charge in [0.25, 0.3) is 0 Å². The standard InChI is InChI=1S/C7H13NO3/c1-6(9)5-8-4-3-7(10)11-2/h8H,3-5H2,1-2H3. The number of rotatable bonds is 5. The van der Waals surface area contributed by atoms with Crippen LogP contribution in [0.4, 0.5) is 0 Å². The molecule has 0 spiro atoms. The highest BCUT2D eigenvalue weighted by Gasteiger charge is 1.98. The van der Waals surface area contributed by atoms with Gasteiger partial charge in [-0.25, -0.2) is 0 Å². The lowest BCUT2D eigenvalue weighted by molar-refractivity contribution is -0.140. The van der Waals surface area contributed by atoms with Gasteiger partial charge in [0.2, 0.25) is 0 Å². The summed E-state index contributed by atoms with van der Waals surface area (Å²) in [5.74, 6) is -0.198. The highest BCUT2D eigenvalue weighted by molar-refractivity contribution is 5.77. The molecule has 4 nitrogen and oxygen atoms in total. The Morgan fingerprint density at radius 1 is 1.45 bits per heavy atom. The number of ether oxygens (including phenoxy) is 1. The molecule has 0 aliphatic rings. The number of Topliss-reactive ketones (excluding diaryl/α,β-unsaturated/α-hetero) is 1. The first-order valence-corrected chi connectivity index (χ1v) is 3.43. The summed E-state index contributed by atoms with van der Waals surface area (Å²) in [4.78, 5) is 20.9. The minimum absolute atomic E-state index is 0.0647. The molecule has 1 N–H and O–H groups in total. The van der Waals surface area contributed by atoms with E-state index >= 15 is 0 Å². The molecule has 0 aromatic carbocycles. The average Bonchev–Trinajstić information content (AvgIpc) is 1.97. The smallest absolute Gasteiger partial charge is 0.306 e. The van der Waals surface area contributed by atoms with Crippen molar-refractivity contribution < 1.29 is 14.3 Å². The van der Waals surface area contributed by atoms with Crippen molar-refractivity contribution in [1.82, 2.24) is 5.32 Å². The molecular formula is C7H13NO3. The third-order valence-electron chi connectivity index (χ3n) is 1.11. The Morgan fingerprint density at radius 2 is 2.09 bits per heavy atom. The minimum Gasteiger partial charge on any atom is -0.469 e. The van der Waals surface area contributed by atoms with E-state index in [9.17, 15) is 9.59 Å². The molecular weight excluding hydrogens is 146 g/mol. The van der Waals surface area contributed by atoms with Gasteiger partial charge in [0.15, 0.2) is 0 Å². The molecule has 0 saturated heterocycles. The van der Waals surface area contributed by atoms with Gasteiger partial charge < -0.3 is 10.1 Å². The molecule has 0 unspecified atom stereocenters. The maximum Gasteiger partial charge on any atom is 0.306 e. The summed E-state index contributed by atoms with van der Waals surface area (Å²) in [6.45, 7) is 2.30. The van der Waals surface area contributed by atoms with E-state index in [1.54, 1.807) is 0 Å². The van der Waals surface area contributed by atoms with Crippen molar-refractivity contribution in [3.8, 4) is 0 Å². The van der Waals surface area contributed by atoms with E-state index in [1.165, 1.54) is 14.0 Å². The summed E-state index contributed by atoms with van der Waals surface area (Å²) in [6, 6.07) is 0. The lowest BCUT2D eigenvalue weighted by Crippen LogP contribution is -2.24. The van der Waals surface area contributed by atoms with Gasteiger partial charge in [-0.3, -0.25) is 9.59 Å². The number of hydrogen-bond acceptors (Lipinski definition) is 4. The van der Waals surface area contributed by atoms with Gasteiger partial charge in [-0.2, -0.15) is 0 Å². The van der Waals surface area contributed by atoms with E-state index in [2.05, 4.69) is 10.1 Å². The average molecular weight is 159 g/mol. The van der Waals surface area contributed by atoms with Crippen molar-refractivity contribution in [2.24, 2.45) is 0 Å². The largest absolute Gasteiger partial charge is 0.469 e. The van der Waals surface area contributed by atoms with E-state index in [4.69, 9.17) is 0 Å². The van der Waals surface area contributed by atoms with E-state index in [0.717, 1.165) is 0 Å². The van der Waals surface area contributed by atoms with Crippen molar-refractivity contribution >= 4 is 11.8 Å².